The van der Waals surface area contributed by atoms with Gasteiger partial charge in [-0.05, 0) is 16.7 Å². The van der Waals surface area contributed by atoms with Crippen molar-refractivity contribution in [1.29, 1.82) is 0 Å². The standard InChI is InChI=1S/C27H30O7/c28-24-25(31-17-21-12-6-2-7-13-21)23(19-30-16-20-10-4-1-5-11-20)33-27(34-29)26(24)32-18-22-14-8-3-9-15-22/h1-15,23-29H,16-19H2/t23-,24-,25-,26+,27-/m1/s1. The van der Waals surface area contributed by atoms with Crippen LogP contribution >= 0.6 is 0 Å². The molecule has 0 bridgehead atoms. The van der Waals surface area contributed by atoms with Crippen LogP contribution in [0.4, 0.5) is 0 Å². The van der Waals surface area contributed by atoms with Crippen molar-refractivity contribution in [1.82, 2.24) is 0 Å². The fourth-order valence-electron chi connectivity index (χ4n) is 3.90. The van der Waals surface area contributed by atoms with E-state index in [0.29, 0.717) is 6.61 Å². The first kappa shape index (κ1) is 24.5. The van der Waals surface area contributed by atoms with Gasteiger partial charge in [-0.3, -0.25) is 0 Å². The Balaban J connectivity index is 1.44. The molecule has 0 amide bonds. The summed E-state index contributed by atoms with van der Waals surface area (Å²) in [6.07, 6.45) is -4.72. The topological polar surface area (TPSA) is 86.6 Å². The highest BCUT2D eigenvalue weighted by atomic mass is 17.1. The zero-order valence-corrected chi connectivity index (χ0v) is 18.8. The van der Waals surface area contributed by atoms with Gasteiger partial charge in [-0.1, -0.05) is 91.0 Å². The number of aliphatic hydroxyl groups excluding tert-OH is 1. The summed E-state index contributed by atoms with van der Waals surface area (Å²) in [5, 5.41) is 20.7. The second kappa shape index (κ2) is 12.7. The van der Waals surface area contributed by atoms with Gasteiger partial charge >= 0.3 is 0 Å². The first-order valence-electron chi connectivity index (χ1n) is 11.3. The summed E-state index contributed by atoms with van der Waals surface area (Å²) in [6, 6.07) is 29.0. The molecule has 0 aliphatic carbocycles. The van der Waals surface area contributed by atoms with Crippen molar-refractivity contribution in [2.45, 2.75) is 50.5 Å². The summed E-state index contributed by atoms with van der Waals surface area (Å²) < 4.78 is 23.8. The van der Waals surface area contributed by atoms with Gasteiger partial charge in [0.15, 0.2) is 0 Å². The lowest BCUT2D eigenvalue weighted by Crippen LogP contribution is -2.60. The molecule has 0 aromatic heterocycles. The van der Waals surface area contributed by atoms with Gasteiger partial charge in [-0.15, -0.1) is 0 Å². The number of aliphatic hydroxyl groups is 1. The third-order valence-electron chi connectivity index (χ3n) is 5.68. The lowest BCUT2D eigenvalue weighted by atomic mass is 9.98. The third-order valence-corrected chi connectivity index (χ3v) is 5.68. The van der Waals surface area contributed by atoms with E-state index in [2.05, 4.69) is 4.89 Å². The van der Waals surface area contributed by atoms with Gasteiger partial charge < -0.3 is 24.1 Å². The molecule has 5 atom stereocenters. The number of rotatable bonds is 11. The fourth-order valence-corrected chi connectivity index (χ4v) is 3.90. The van der Waals surface area contributed by atoms with E-state index < -0.39 is 30.7 Å². The SMILES string of the molecule is OO[C@H]1O[C@H](COCc2ccccc2)[C@@H](OCc2ccccc2)[C@@H](O)[C@@H]1OCc1ccccc1. The van der Waals surface area contributed by atoms with E-state index in [9.17, 15) is 10.4 Å². The van der Waals surface area contributed by atoms with Crippen molar-refractivity contribution in [2.75, 3.05) is 6.61 Å². The zero-order chi connectivity index (χ0) is 23.6. The maximum Gasteiger partial charge on any atom is 0.220 e. The average molecular weight is 467 g/mol. The van der Waals surface area contributed by atoms with Gasteiger partial charge in [-0.2, -0.15) is 0 Å². The summed E-state index contributed by atoms with van der Waals surface area (Å²) in [4.78, 5) is 4.55. The van der Waals surface area contributed by atoms with Crippen LogP contribution < -0.4 is 0 Å². The van der Waals surface area contributed by atoms with Crippen molar-refractivity contribution in [2.24, 2.45) is 0 Å². The van der Waals surface area contributed by atoms with Crippen LogP contribution in [0, 0.1) is 0 Å². The van der Waals surface area contributed by atoms with Crippen LogP contribution in [-0.4, -0.2) is 47.7 Å². The highest BCUT2D eigenvalue weighted by Crippen LogP contribution is 2.28. The molecule has 1 aliphatic rings. The summed E-state index contributed by atoms with van der Waals surface area (Å²) in [6.45, 7) is 1.00. The molecule has 1 aliphatic heterocycles. The van der Waals surface area contributed by atoms with Crippen molar-refractivity contribution in [3.8, 4) is 0 Å². The lowest BCUT2D eigenvalue weighted by molar-refractivity contribution is -0.412. The number of ether oxygens (including phenoxy) is 4. The predicted molar refractivity (Wildman–Crippen MR) is 125 cm³/mol. The zero-order valence-electron chi connectivity index (χ0n) is 18.8. The normalized spacial score (nSPS) is 24.7. The van der Waals surface area contributed by atoms with Gasteiger partial charge in [0.1, 0.15) is 24.4 Å². The molecule has 0 spiro atoms. The monoisotopic (exact) mass is 466 g/mol. The lowest BCUT2D eigenvalue weighted by Gasteiger charge is -2.42. The molecule has 1 fully saturated rings. The molecule has 3 aromatic rings. The molecule has 4 rings (SSSR count). The molecular formula is C27H30O7. The molecule has 7 nitrogen and oxygen atoms in total. The third kappa shape index (κ3) is 6.71. The van der Waals surface area contributed by atoms with E-state index in [1.54, 1.807) is 0 Å². The van der Waals surface area contributed by atoms with Gasteiger partial charge in [0.2, 0.25) is 6.29 Å². The molecule has 2 N–H and O–H groups in total. The van der Waals surface area contributed by atoms with E-state index in [1.807, 2.05) is 91.0 Å². The van der Waals surface area contributed by atoms with Crippen LogP contribution in [0.25, 0.3) is 0 Å². The van der Waals surface area contributed by atoms with Crippen LogP contribution in [-0.2, 0) is 43.7 Å². The van der Waals surface area contributed by atoms with E-state index in [-0.39, 0.29) is 19.8 Å². The predicted octanol–water partition coefficient (Wildman–Crippen LogP) is 3.95. The average Bonchev–Trinajstić information content (AvgIpc) is 2.89. The molecule has 34 heavy (non-hydrogen) atoms. The van der Waals surface area contributed by atoms with Crippen molar-refractivity contribution < 1.29 is 34.2 Å². The molecule has 7 heteroatoms. The molecular weight excluding hydrogens is 436 g/mol. The summed E-state index contributed by atoms with van der Waals surface area (Å²) in [7, 11) is 0. The van der Waals surface area contributed by atoms with Crippen LogP contribution in [0.1, 0.15) is 16.7 Å². The Morgan fingerprint density at radius 2 is 1.12 bits per heavy atom. The van der Waals surface area contributed by atoms with Crippen LogP contribution in [0.2, 0.25) is 0 Å². The Morgan fingerprint density at radius 3 is 1.62 bits per heavy atom. The minimum absolute atomic E-state index is 0.136. The molecule has 0 saturated carbocycles. The van der Waals surface area contributed by atoms with E-state index >= 15 is 0 Å². The Morgan fingerprint density at radius 1 is 0.647 bits per heavy atom. The van der Waals surface area contributed by atoms with Crippen molar-refractivity contribution in [3.63, 3.8) is 0 Å². The van der Waals surface area contributed by atoms with Gasteiger partial charge in [0.25, 0.3) is 0 Å². The van der Waals surface area contributed by atoms with Gasteiger partial charge in [-0.25, -0.2) is 10.1 Å². The highest BCUT2D eigenvalue weighted by molar-refractivity contribution is 5.15. The van der Waals surface area contributed by atoms with Crippen molar-refractivity contribution >= 4 is 0 Å². The van der Waals surface area contributed by atoms with Crippen LogP contribution in [0.5, 0.6) is 0 Å². The minimum Gasteiger partial charge on any atom is -0.387 e. The summed E-state index contributed by atoms with van der Waals surface area (Å²) >= 11 is 0. The van der Waals surface area contributed by atoms with Crippen LogP contribution in [0.15, 0.2) is 91.0 Å². The Bertz CT molecular complexity index is 952. The minimum atomic E-state index is -1.19. The van der Waals surface area contributed by atoms with E-state index in [4.69, 9.17) is 18.9 Å². The summed E-state index contributed by atoms with van der Waals surface area (Å²) in [5.41, 5.74) is 2.89. The molecule has 1 saturated heterocycles. The molecule has 3 aromatic carbocycles. The summed E-state index contributed by atoms with van der Waals surface area (Å²) in [5.74, 6) is 0. The Hall–Kier alpha value is -2.62. The molecule has 0 unspecified atom stereocenters. The van der Waals surface area contributed by atoms with E-state index in [1.165, 1.54) is 0 Å². The largest absolute Gasteiger partial charge is 0.387 e. The van der Waals surface area contributed by atoms with Gasteiger partial charge in [0, 0.05) is 0 Å². The highest BCUT2D eigenvalue weighted by Gasteiger charge is 2.47. The Labute approximate surface area is 199 Å². The van der Waals surface area contributed by atoms with E-state index in [0.717, 1.165) is 16.7 Å². The maximum absolute atomic E-state index is 11.2. The second-order valence-corrected chi connectivity index (χ2v) is 8.16. The molecule has 1 heterocycles. The number of benzene rings is 3. The quantitative estimate of drug-likeness (QED) is 0.327. The fraction of sp³-hybridized carbons (Fsp3) is 0.333. The first-order valence-corrected chi connectivity index (χ1v) is 11.3. The molecule has 180 valence electrons. The smallest absolute Gasteiger partial charge is 0.220 e. The van der Waals surface area contributed by atoms with Crippen molar-refractivity contribution in [3.05, 3.63) is 108 Å². The number of hydrogen-bond acceptors (Lipinski definition) is 7. The Kier molecular flexibility index (Phi) is 9.18. The number of hydrogen-bond donors (Lipinski definition) is 2. The first-order chi connectivity index (χ1) is 16.7. The second-order valence-electron chi connectivity index (χ2n) is 8.16. The molecule has 0 radical (unpaired) electrons. The van der Waals surface area contributed by atoms with Crippen LogP contribution in [0.3, 0.4) is 0 Å². The van der Waals surface area contributed by atoms with Gasteiger partial charge in [0.05, 0.1) is 26.4 Å². The maximum atomic E-state index is 11.2.